The minimum Gasteiger partial charge on any atom is -0.381 e. The topological polar surface area (TPSA) is 27.7 Å². The van der Waals surface area contributed by atoms with Gasteiger partial charge in [0.05, 0.1) is 6.61 Å². The Hall–Kier alpha value is -0.160. The van der Waals surface area contributed by atoms with Crippen molar-refractivity contribution in [3.8, 4) is 0 Å². The van der Waals surface area contributed by atoms with Crippen molar-refractivity contribution in [3.05, 3.63) is 0 Å². The van der Waals surface area contributed by atoms with E-state index in [0.717, 1.165) is 45.9 Å². The van der Waals surface area contributed by atoms with Gasteiger partial charge in [-0.2, -0.15) is 0 Å². The van der Waals surface area contributed by atoms with Crippen molar-refractivity contribution in [1.29, 1.82) is 0 Å². The van der Waals surface area contributed by atoms with Crippen LogP contribution in [0.15, 0.2) is 0 Å². The van der Waals surface area contributed by atoms with Gasteiger partial charge in [-0.05, 0) is 40.5 Å². The van der Waals surface area contributed by atoms with Crippen LogP contribution in [0.25, 0.3) is 0 Å². The molecule has 0 radical (unpaired) electrons. The van der Waals surface area contributed by atoms with E-state index in [-0.39, 0.29) is 0 Å². The zero-order valence-corrected chi connectivity index (χ0v) is 12.7. The Morgan fingerprint density at radius 1 is 1.22 bits per heavy atom. The number of likely N-dealkylation sites (N-methyl/N-ethyl adjacent to an activating group) is 2. The van der Waals surface area contributed by atoms with Crippen molar-refractivity contribution in [2.75, 3.05) is 67.1 Å². The predicted molar refractivity (Wildman–Crippen MR) is 77.1 cm³/mol. The molecule has 0 amide bonds. The first-order valence-corrected chi connectivity index (χ1v) is 7.20. The summed E-state index contributed by atoms with van der Waals surface area (Å²) in [5.74, 6) is 0. The SMILES string of the molecule is CCNCC1(CN(C)CCN(C)C)CCCOC1. The number of rotatable bonds is 8. The molecule has 1 fully saturated rings. The number of hydrogen-bond donors (Lipinski definition) is 1. The summed E-state index contributed by atoms with van der Waals surface area (Å²) in [6.07, 6.45) is 2.49. The summed E-state index contributed by atoms with van der Waals surface area (Å²) >= 11 is 0. The molecule has 108 valence electrons. The van der Waals surface area contributed by atoms with Crippen LogP contribution in [0.5, 0.6) is 0 Å². The van der Waals surface area contributed by atoms with Gasteiger partial charge in [0.25, 0.3) is 0 Å². The molecule has 0 aliphatic carbocycles. The van der Waals surface area contributed by atoms with Crippen molar-refractivity contribution in [1.82, 2.24) is 15.1 Å². The van der Waals surface area contributed by atoms with Gasteiger partial charge in [-0.1, -0.05) is 6.92 Å². The molecule has 1 unspecified atom stereocenters. The third-order valence-corrected chi connectivity index (χ3v) is 3.69. The molecule has 1 saturated heterocycles. The van der Waals surface area contributed by atoms with Crippen LogP contribution < -0.4 is 5.32 Å². The minimum atomic E-state index is 0.315. The van der Waals surface area contributed by atoms with Crippen molar-refractivity contribution in [2.24, 2.45) is 5.41 Å². The maximum atomic E-state index is 5.73. The van der Waals surface area contributed by atoms with Crippen LogP contribution in [0.2, 0.25) is 0 Å². The highest BCUT2D eigenvalue weighted by molar-refractivity contribution is 4.86. The number of nitrogens with one attached hydrogen (secondary N) is 1. The molecule has 1 N–H and O–H groups in total. The van der Waals surface area contributed by atoms with E-state index < -0.39 is 0 Å². The molecule has 1 aliphatic rings. The average molecular weight is 257 g/mol. The first-order valence-electron chi connectivity index (χ1n) is 7.20. The number of nitrogens with zero attached hydrogens (tertiary/aromatic N) is 2. The van der Waals surface area contributed by atoms with Crippen LogP contribution in [0.4, 0.5) is 0 Å². The zero-order valence-electron chi connectivity index (χ0n) is 12.7. The standard InChI is InChI=1S/C14H31N3O/c1-5-15-11-14(7-6-10-18-13-14)12-17(4)9-8-16(2)3/h15H,5-13H2,1-4H3. The molecule has 4 nitrogen and oxygen atoms in total. The summed E-state index contributed by atoms with van der Waals surface area (Å²) in [7, 11) is 6.49. The van der Waals surface area contributed by atoms with E-state index in [1.54, 1.807) is 0 Å². The molecule has 1 aliphatic heterocycles. The second-order valence-electron chi connectivity index (χ2n) is 5.98. The van der Waals surface area contributed by atoms with Gasteiger partial charge in [-0.25, -0.2) is 0 Å². The Morgan fingerprint density at radius 3 is 2.56 bits per heavy atom. The molecule has 18 heavy (non-hydrogen) atoms. The predicted octanol–water partition coefficient (Wildman–Crippen LogP) is 0.886. The lowest BCUT2D eigenvalue weighted by molar-refractivity contribution is -0.0228. The highest BCUT2D eigenvalue weighted by atomic mass is 16.5. The van der Waals surface area contributed by atoms with Crippen molar-refractivity contribution >= 4 is 0 Å². The van der Waals surface area contributed by atoms with Crippen molar-refractivity contribution in [2.45, 2.75) is 19.8 Å². The smallest absolute Gasteiger partial charge is 0.0546 e. The molecule has 0 bridgehead atoms. The average Bonchev–Trinajstić information content (AvgIpc) is 2.35. The highest BCUT2D eigenvalue weighted by Crippen LogP contribution is 2.28. The second-order valence-corrected chi connectivity index (χ2v) is 5.98. The van der Waals surface area contributed by atoms with E-state index in [4.69, 9.17) is 4.74 Å². The fourth-order valence-corrected chi connectivity index (χ4v) is 2.64. The highest BCUT2D eigenvalue weighted by Gasteiger charge is 2.33. The first kappa shape index (κ1) is 15.9. The number of hydrogen-bond acceptors (Lipinski definition) is 4. The van der Waals surface area contributed by atoms with Crippen molar-refractivity contribution < 1.29 is 4.74 Å². The summed E-state index contributed by atoms with van der Waals surface area (Å²) in [6, 6.07) is 0. The van der Waals surface area contributed by atoms with Gasteiger partial charge in [-0.15, -0.1) is 0 Å². The zero-order chi connectivity index (χ0) is 13.4. The Kier molecular flexibility index (Phi) is 7.15. The normalized spacial score (nSPS) is 25.0. The molecule has 0 saturated carbocycles. The molecule has 4 heteroatoms. The van der Waals surface area contributed by atoms with E-state index in [9.17, 15) is 0 Å². The van der Waals surface area contributed by atoms with Crippen molar-refractivity contribution in [3.63, 3.8) is 0 Å². The Bertz CT molecular complexity index is 215. The van der Waals surface area contributed by atoms with Gasteiger partial charge in [0.15, 0.2) is 0 Å². The summed E-state index contributed by atoms with van der Waals surface area (Å²) < 4.78 is 5.73. The lowest BCUT2D eigenvalue weighted by Crippen LogP contribution is -2.49. The Labute approximate surface area is 113 Å². The third kappa shape index (κ3) is 5.65. The van der Waals surface area contributed by atoms with Gasteiger partial charge < -0.3 is 19.9 Å². The largest absolute Gasteiger partial charge is 0.381 e. The van der Waals surface area contributed by atoms with Crippen LogP contribution >= 0.6 is 0 Å². The van der Waals surface area contributed by atoms with E-state index >= 15 is 0 Å². The fourth-order valence-electron chi connectivity index (χ4n) is 2.64. The molecular weight excluding hydrogens is 226 g/mol. The maximum absolute atomic E-state index is 5.73. The molecule has 1 atom stereocenters. The van der Waals surface area contributed by atoms with E-state index in [0.29, 0.717) is 5.41 Å². The summed E-state index contributed by atoms with van der Waals surface area (Å²) in [5, 5.41) is 3.51. The quantitative estimate of drug-likeness (QED) is 0.699. The molecule has 0 aromatic carbocycles. The lowest BCUT2D eigenvalue weighted by atomic mass is 9.81. The van der Waals surface area contributed by atoms with Crippen LogP contribution in [0.1, 0.15) is 19.8 Å². The fraction of sp³-hybridized carbons (Fsp3) is 1.00. The molecule has 0 aromatic rings. The van der Waals surface area contributed by atoms with Gasteiger partial charge >= 0.3 is 0 Å². The molecular formula is C14H31N3O. The maximum Gasteiger partial charge on any atom is 0.0546 e. The Balaban J connectivity index is 2.44. The molecule has 0 spiro atoms. The lowest BCUT2D eigenvalue weighted by Gasteiger charge is -2.40. The second kappa shape index (κ2) is 8.10. The van der Waals surface area contributed by atoms with E-state index in [1.807, 2.05) is 0 Å². The molecule has 0 aromatic heterocycles. The van der Waals surface area contributed by atoms with Gasteiger partial charge in [0.1, 0.15) is 0 Å². The summed E-state index contributed by atoms with van der Waals surface area (Å²) in [6.45, 7) is 9.52. The summed E-state index contributed by atoms with van der Waals surface area (Å²) in [4.78, 5) is 4.69. The Morgan fingerprint density at radius 2 is 2.00 bits per heavy atom. The number of ether oxygens (including phenoxy) is 1. The van der Waals surface area contributed by atoms with E-state index in [1.165, 1.54) is 12.8 Å². The van der Waals surface area contributed by atoms with Gasteiger partial charge in [0, 0.05) is 38.2 Å². The van der Waals surface area contributed by atoms with Crippen LogP contribution in [-0.4, -0.2) is 76.9 Å². The van der Waals surface area contributed by atoms with Gasteiger partial charge in [0.2, 0.25) is 0 Å². The molecule has 1 heterocycles. The summed E-state index contributed by atoms with van der Waals surface area (Å²) in [5.41, 5.74) is 0.315. The first-order chi connectivity index (χ1) is 8.58. The monoisotopic (exact) mass is 257 g/mol. The third-order valence-electron chi connectivity index (χ3n) is 3.69. The van der Waals surface area contributed by atoms with E-state index in [2.05, 4.69) is 43.2 Å². The van der Waals surface area contributed by atoms with Crippen LogP contribution in [0.3, 0.4) is 0 Å². The van der Waals surface area contributed by atoms with Gasteiger partial charge in [-0.3, -0.25) is 0 Å². The van der Waals surface area contributed by atoms with Crippen LogP contribution in [-0.2, 0) is 4.74 Å². The molecule has 1 rings (SSSR count). The van der Waals surface area contributed by atoms with Crippen LogP contribution in [0, 0.1) is 5.41 Å². The minimum absolute atomic E-state index is 0.315.